The molecule has 3 atom stereocenters. The molecule has 3 rings (SSSR count). The molecule has 2 heterocycles. The van der Waals surface area contributed by atoms with E-state index in [0.717, 1.165) is 17.9 Å². The van der Waals surface area contributed by atoms with Crippen LogP contribution in [-0.2, 0) is 0 Å². The van der Waals surface area contributed by atoms with E-state index < -0.39 is 0 Å². The van der Waals surface area contributed by atoms with Crippen LogP contribution in [0.25, 0.3) is 0 Å². The zero-order chi connectivity index (χ0) is 12.3. The van der Waals surface area contributed by atoms with Gasteiger partial charge in [0.15, 0.2) is 0 Å². The van der Waals surface area contributed by atoms with Crippen molar-refractivity contribution in [2.24, 2.45) is 17.3 Å². The maximum absolute atomic E-state index is 3.59. The summed E-state index contributed by atoms with van der Waals surface area (Å²) in [5.41, 5.74) is 0.934. The van der Waals surface area contributed by atoms with Crippen molar-refractivity contribution in [1.82, 2.24) is 10.2 Å². The topological polar surface area (TPSA) is 15.3 Å². The lowest BCUT2D eigenvalue weighted by Crippen LogP contribution is -2.52. The van der Waals surface area contributed by atoms with Crippen LogP contribution in [0, 0.1) is 17.3 Å². The normalized spacial score (nSPS) is 44.1. The van der Waals surface area contributed by atoms with Crippen molar-refractivity contribution in [2.75, 3.05) is 19.6 Å². The van der Waals surface area contributed by atoms with E-state index in [4.69, 9.17) is 0 Å². The van der Waals surface area contributed by atoms with E-state index in [-0.39, 0.29) is 0 Å². The van der Waals surface area contributed by atoms with Gasteiger partial charge in [0.2, 0.25) is 0 Å². The molecule has 1 aliphatic carbocycles. The first-order chi connectivity index (χ1) is 7.93. The van der Waals surface area contributed by atoms with E-state index >= 15 is 0 Å². The summed E-state index contributed by atoms with van der Waals surface area (Å²) in [5, 5.41) is 3.59. The van der Waals surface area contributed by atoms with Crippen LogP contribution in [0.5, 0.6) is 0 Å². The Labute approximate surface area is 106 Å². The molecule has 3 unspecified atom stereocenters. The molecule has 3 fully saturated rings. The van der Waals surface area contributed by atoms with Gasteiger partial charge in [-0.2, -0.15) is 0 Å². The molecule has 98 valence electrons. The molecular weight excluding hydrogens is 208 g/mol. The SMILES string of the molecule is CC1(C)CCCC1N1CC2CNCC2C1(C)C. The Morgan fingerprint density at radius 1 is 1.12 bits per heavy atom. The molecule has 0 aromatic heterocycles. The summed E-state index contributed by atoms with van der Waals surface area (Å²) < 4.78 is 0. The van der Waals surface area contributed by atoms with Crippen LogP contribution in [0.2, 0.25) is 0 Å². The average Bonchev–Trinajstić information content (AvgIpc) is 2.84. The van der Waals surface area contributed by atoms with Gasteiger partial charge in [0.1, 0.15) is 0 Å². The first-order valence-electron chi connectivity index (χ1n) is 7.40. The molecule has 17 heavy (non-hydrogen) atoms. The second kappa shape index (κ2) is 3.71. The van der Waals surface area contributed by atoms with Gasteiger partial charge in [0.05, 0.1) is 0 Å². The van der Waals surface area contributed by atoms with Crippen LogP contribution >= 0.6 is 0 Å². The highest BCUT2D eigenvalue weighted by Gasteiger charge is 2.54. The van der Waals surface area contributed by atoms with Gasteiger partial charge in [-0.3, -0.25) is 4.90 Å². The molecule has 2 aliphatic heterocycles. The van der Waals surface area contributed by atoms with Crippen LogP contribution in [0.4, 0.5) is 0 Å². The Bertz CT molecular complexity index is 308. The number of fused-ring (bicyclic) bond motifs is 1. The fraction of sp³-hybridized carbons (Fsp3) is 1.00. The molecule has 1 N–H and O–H groups in total. The molecule has 0 radical (unpaired) electrons. The van der Waals surface area contributed by atoms with E-state index in [0.29, 0.717) is 11.0 Å². The smallest absolute Gasteiger partial charge is 0.0200 e. The molecule has 2 saturated heterocycles. The number of rotatable bonds is 1. The quantitative estimate of drug-likeness (QED) is 0.752. The van der Waals surface area contributed by atoms with Crippen LogP contribution in [-0.4, -0.2) is 36.1 Å². The molecule has 3 aliphatic rings. The second-order valence-electron chi connectivity index (χ2n) is 7.73. The van der Waals surface area contributed by atoms with Gasteiger partial charge in [0, 0.05) is 24.7 Å². The molecular formula is C15H28N2. The minimum Gasteiger partial charge on any atom is -0.316 e. The third kappa shape index (κ3) is 1.67. The molecule has 0 aromatic rings. The Balaban J connectivity index is 1.85. The standard InChI is InChI=1S/C15H28N2/c1-14(2)7-5-6-13(14)17-10-11-8-16-9-12(11)15(17,3)4/h11-13,16H,5-10H2,1-4H3. The minimum absolute atomic E-state index is 0.403. The monoisotopic (exact) mass is 236 g/mol. The number of nitrogens with zero attached hydrogens (tertiary/aromatic N) is 1. The molecule has 2 nitrogen and oxygen atoms in total. The van der Waals surface area contributed by atoms with E-state index in [2.05, 4.69) is 37.9 Å². The first kappa shape index (κ1) is 12.0. The highest BCUT2D eigenvalue weighted by molar-refractivity contribution is 5.09. The second-order valence-corrected chi connectivity index (χ2v) is 7.73. The molecule has 0 spiro atoms. The van der Waals surface area contributed by atoms with Gasteiger partial charge in [0.25, 0.3) is 0 Å². The third-order valence-electron chi connectivity index (χ3n) is 6.00. The maximum atomic E-state index is 3.59. The lowest BCUT2D eigenvalue weighted by Gasteiger charge is -2.44. The summed E-state index contributed by atoms with van der Waals surface area (Å²) in [6, 6.07) is 0.822. The van der Waals surface area contributed by atoms with Gasteiger partial charge in [-0.1, -0.05) is 20.3 Å². The van der Waals surface area contributed by atoms with Gasteiger partial charge >= 0.3 is 0 Å². The summed E-state index contributed by atoms with van der Waals surface area (Å²) in [4.78, 5) is 2.87. The maximum Gasteiger partial charge on any atom is 0.0200 e. The largest absolute Gasteiger partial charge is 0.316 e. The van der Waals surface area contributed by atoms with E-state index in [1.54, 1.807) is 0 Å². The van der Waals surface area contributed by atoms with Crippen LogP contribution in [0.1, 0.15) is 47.0 Å². The third-order valence-corrected chi connectivity index (χ3v) is 6.00. The molecule has 1 saturated carbocycles. The predicted octanol–water partition coefficient (Wildman–Crippen LogP) is 2.49. The Morgan fingerprint density at radius 2 is 1.88 bits per heavy atom. The van der Waals surface area contributed by atoms with Crippen molar-refractivity contribution in [3.63, 3.8) is 0 Å². The fourth-order valence-corrected chi connectivity index (χ4v) is 4.87. The number of nitrogens with one attached hydrogen (secondary N) is 1. The molecule has 0 bridgehead atoms. The first-order valence-corrected chi connectivity index (χ1v) is 7.40. The number of hydrogen-bond donors (Lipinski definition) is 1. The van der Waals surface area contributed by atoms with Gasteiger partial charge < -0.3 is 5.32 Å². The summed E-state index contributed by atoms with van der Waals surface area (Å²) in [7, 11) is 0. The lowest BCUT2D eigenvalue weighted by atomic mass is 9.81. The summed E-state index contributed by atoms with van der Waals surface area (Å²) in [6.07, 6.45) is 4.26. The van der Waals surface area contributed by atoms with Crippen LogP contribution in [0.3, 0.4) is 0 Å². The van der Waals surface area contributed by atoms with Crippen molar-refractivity contribution in [2.45, 2.75) is 58.5 Å². The highest BCUT2D eigenvalue weighted by atomic mass is 15.3. The zero-order valence-electron chi connectivity index (χ0n) is 11.9. The Morgan fingerprint density at radius 3 is 2.47 bits per heavy atom. The Kier molecular flexibility index (Phi) is 2.61. The minimum atomic E-state index is 0.403. The zero-order valence-corrected chi connectivity index (χ0v) is 11.9. The van der Waals surface area contributed by atoms with Crippen molar-refractivity contribution in [1.29, 1.82) is 0 Å². The fourth-order valence-electron chi connectivity index (χ4n) is 4.87. The van der Waals surface area contributed by atoms with Crippen molar-refractivity contribution < 1.29 is 0 Å². The van der Waals surface area contributed by atoms with E-state index in [1.807, 2.05) is 0 Å². The summed E-state index contributed by atoms with van der Waals surface area (Å²) >= 11 is 0. The van der Waals surface area contributed by atoms with Gasteiger partial charge in [-0.05, 0) is 50.5 Å². The number of likely N-dealkylation sites (tertiary alicyclic amines) is 1. The molecule has 0 amide bonds. The van der Waals surface area contributed by atoms with Crippen molar-refractivity contribution in [3.8, 4) is 0 Å². The van der Waals surface area contributed by atoms with Gasteiger partial charge in [-0.15, -0.1) is 0 Å². The van der Waals surface area contributed by atoms with Crippen LogP contribution in [0.15, 0.2) is 0 Å². The van der Waals surface area contributed by atoms with Crippen molar-refractivity contribution in [3.05, 3.63) is 0 Å². The average molecular weight is 236 g/mol. The lowest BCUT2D eigenvalue weighted by molar-refractivity contribution is 0.0400. The predicted molar refractivity (Wildman–Crippen MR) is 72.1 cm³/mol. The molecule has 0 aromatic carbocycles. The van der Waals surface area contributed by atoms with Gasteiger partial charge in [-0.25, -0.2) is 0 Å². The van der Waals surface area contributed by atoms with E-state index in [1.165, 1.54) is 38.9 Å². The van der Waals surface area contributed by atoms with Crippen LogP contribution < -0.4 is 5.32 Å². The summed E-state index contributed by atoms with van der Waals surface area (Å²) in [6.45, 7) is 13.7. The molecule has 2 heteroatoms. The van der Waals surface area contributed by atoms with E-state index in [9.17, 15) is 0 Å². The number of hydrogen-bond acceptors (Lipinski definition) is 2. The highest BCUT2D eigenvalue weighted by Crippen LogP contribution is 2.49. The Hall–Kier alpha value is -0.0800. The summed E-state index contributed by atoms with van der Waals surface area (Å²) in [5.74, 6) is 1.78. The van der Waals surface area contributed by atoms with Crippen molar-refractivity contribution >= 4 is 0 Å².